The standard InChI is InChI=1S/C26H44N4O4/c1-6-10-19-30(20-17-24(31)27-21(5)12-11-18-29(7-2)8-3)26(33)28-23-15-13-22(14-16-23)25(32)34-9-4/h13-16,21H,6-12,17-20H2,1-5H3,(H,27,31)(H,28,33). The van der Waals surface area contributed by atoms with Crippen LogP contribution >= 0.6 is 0 Å². The van der Waals surface area contributed by atoms with Crippen molar-refractivity contribution >= 4 is 23.6 Å². The van der Waals surface area contributed by atoms with Crippen molar-refractivity contribution < 1.29 is 19.1 Å². The summed E-state index contributed by atoms with van der Waals surface area (Å²) < 4.78 is 4.98. The van der Waals surface area contributed by atoms with Crippen molar-refractivity contribution in [2.45, 2.75) is 72.8 Å². The Morgan fingerprint density at radius 3 is 2.21 bits per heavy atom. The molecule has 1 aromatic carbocycles. The predicted octanol–water partition coefficient (Wildman–Crippen LogP) is 4.51. The molecule has 0 aromatic heterocycles. The Morgan fingerprint density at radius 2 is 1.62 bits per heavy atom. The minimum Gasteiger partial charge on any atom is -0.462 e. The van der Waals surface area contributed by atoms with Gasteiger partial charge in [0.15, 0.2) is 0 Å². The topological polar surface area (TPSA) is 91.0 Å². The van der Waals surface area contributed by atoms with Crippen LogP contribution in [0, 0.1) is 0 Å². The number of ether oxygens (including phenoxy) is 1. The van der Waals surface area contributed by atoms with Crippen molar-refractivity contribution in [1.29, 1.82) is 0 Å². The number of hydrogen-bond donors (Lipinski definition) is 2. The summed E-state index contributed by atoms with van der Waals surface area (Å²) in [6.07, 6.45) is 4.05. The molecule has 8 heteroatoms. The van der Waals surface area contributed by atoms with Crippen molar-refractivity contribution in [3.05, 3.63) is 29.8 Å². The molecule has 1 atom stereocenters. The fourth-order valence-electron chi connectivity index (χ4n) is 3.59. The Morgan fingerprint density at radius 1 is 0.941 bits per heavy atom. The van der Waals surface area contributed by atoms with Gasteiger partial charge in [0.05, 0.1) is 12.2 Å². The normalized spacial score (nSPS) is 11.7. The first-order chi connectivity index (χ1) is 16.3. The molecule has 1 unspecified atom stereocenters. The van der Waals surface area contributed by atoms with Crippen LogP contribution in [0.15, 0.2) is 24.3 Å². The maximum atomic E-state index is 12.8. The van der Waals surface area contributed by atoms with Gasteiger partial charge in [-0.15, -0.1) is 0 Å². The Bertz CT molecular complexity index is 735. The smallest absolute Gasteiger partial charge is 0.338 e. The summed E-state index contributed by atoms with van der Waals surface area (Å²) in [6.45, 7) is 14.5. The van der Waals surface area contributed by atoms with E-state index in [9.17, 15) is 14.4 Å². The van der Waals surface area contributed by atoms with Crippen molar-refractivity contribution in [3.8, 4) is 0 Å². The van der Waals surface area contributed by atoms with Gasteiger partial charge in [0, 0.05) is 31.2 Å². The van der Waals surface area contributed by atoms with Gasteiger partial charge in [0.1, 0.15) is 0 Å². The molecule has 192 valence electrons. The summed E-state index contributed by atoms with van der Waals surface area (Å²) in [5.41, 5.74) is 1.02. The molecule has 1 rings (SSSR count). The van der Waals surface area contributed by atoms with Gasteiger partial charge in [-0.1, -0.05) is 27.2 Å². The van der Waals surface area contributed by atoms with Crippen molar-refractivity contribution in [2.24, 2.45) is 0 Å². The number of carbonyl (C=O) groups is 3. The summed E-state index contributed by atoms with van der Waals surface area (Å²) in [7, 11) is 0. The molecule has 0 spiro atoms. The Labute approximate surface area is 205 Å². The number of esters is 1. The molecule has 0 fully saturated rings. The number of unbranched alkanes of at least 4 members (excludes halogenated alkanes) is 1. The molecule has 0 heterocycles. The van der Waals surface area contributed by atoms with Crippen molar-refractivity contribution in [3.63, 3.8) is 0 Å². The molecule has 0 aliphatic heterocycles. The fourth-order valence-corrected chi connectivity index (χ4v) is 3.59. The minimum atomic E-state index is -0.391. The van der Waals surface area contributed by atoms with Gasteiger partial charge in [0.25, 0.3) is 0 Å². The van der Waals surface area contributed by atoms with Gasteiger partial charge in [-0.25, -0.2) is 9.59 Å². The number of carbonyl (C=O) groups excluding carboxylic acids is 3. The van der Waals surface area contributed by atoms with Crippen LogP contribution in [0.3, 0.4) is 0 Å². The van der Waals surface area contributed by atoms with Gasteiger partial charge < -0.3 is 25.2 Å². The molecule has 2 N–H and O–H groups in total. The predicted molar refractivity (Wildman–Crippen MR) is 137 cm³/mol. The van der Waals surface area contributed by atoms with Gasteiger partial charge in [-0.2, -0.15) is 0 Å². The maximum Gasteiger partial charge on any atom is 0.338 e. The first-order valence-corrected chi connectivity index (χ1v) is 12.7. The average Bonchev–Trinajstić information content (AvgIpc) is 2.82. The third kappa shape index (κ3) is 11.5. The van der Waals surface area contributed by atoms with Gasteiger partial charge in [-0.3, -0.25) is 4.79 Å². The molecule has 3 amide bonds. The summed E-state index contributed by atoms with van der Waals surface area (Å²) >= 11 is 0. The first-order valence-electron chi connectivity index (χ1n) is 12.7. The molecular weight excluding hydrogens is 432 g/mol. The van der Waals surface area contributed by atoms with E-state index >= 15 is 0 Å². The first kappa shape index (κ1) is 29.4. The van der Waals surface area contributed by atoms with E-state index in [1.54, 1.807) is 36.1 Å². The largest absolute Gasteiger partial charge is 0.462 e. The summed E-state index contributed by atoms with van der Waals surface area (Å²) in [5.74, 6) is -0.429. The van der Waals surface area contributed by atoms with E-state index in [0.29, 0.717) is 30.9 Å². The molecule has 0 bridgehead atoms. The monoisotopic (exact) mass is 476 g/mol. The second-order valence-electron chi connectivity index (χ2n) is 8.46. The van der Waals surface area contributed by atoms with E-state index in [1.165, 1.54) is 0 Å². The number of nitrogens with zero attached hydrogens (tertiary/aromatic N) is 2. The second-order valence-corrected chi connectivity index (χ2v) is 8.46. The molecule has 0 aliphatic rings. The van der Waals surface area contributed by atoms with Crippen LogP contribution in [0.2, 0.25) is 0 Å². The highest BCUT2D eigenvalue weighted by Crippen LogP contribution is 2.12. The highest BCUT2D eigenvalue weighted by atomic mass is 16.5. The number of benzene rings is 1. The van der Waals surface area contributed by atoms with Crippen LogP contribution in [0.4, 0.5) is 10.5 Å². The van der Waals surface area contributed by atoms with E-state index in [0.717, 1.165) is 45.3 Å². The maximum absolute atomic E-state index is 12.8. The zero-order valence-corrected chi connectivity index (χ0v) is 21.7. The molecule has 0 radical (unpaired) electrons. The lowest BCUT2D eigenvalue weighted by Crippen LogP contribution is -2.40. The number of amides is 3. The average molecular weight is 477 g/mol. The van der Waals surface area contributed by atoms with Crippen LogP contribution in [-0.4, -0.2) is 73.1 Å². The molecule has 0 saturated heterocycles. The SMILES string of the molecule is CCCCN(CCC(=O)NC(C)CCCN(CC)CC)C(=O)Nc1ccc(C(=O)OCC)cc1. The molecule has 0 saturated carbocycles. The van der Waals surface area contributed by atoms with Gasteiger partial charge >= 0.3 is 12.0 Å². The van der Waals surface area contributed by atoms with Crippen molar-refractivity contribution in [1.82, 2.24) is 15.1 Å². The van der Waals surface area contributed by atoms with E-state index < -0.39 is 5.97 Å². The molecule has 8 nitrogen and oxygen atoms in total. The van der Waals surface area contributed by atoms with E-state index in [1.807, 2.05) is 6.92 Å². The van der Waals surface area contributed by atoms with Gasteiger partial charge in [-0.05, 0) is 77.0 Å². The van der Waals surface area contributed by atoms with Gasteiger partial charge in [0.2, 0.25) is 5.91 Å². The van der Waals surface area contributed by atoms with Crippen LogP contribution in [-0.2, 0) is 9.53 Å². The number of urea groups is 1. The molecule has 34 heavy (non-hydrogen) atoms. The Balaban J connectivity index is 2.54. The van der Waals surface area contributed by atoms with Crippen LogP contribution in [0.5, 0.6) is 0 Å². The molecule has 0 aliphatic carbocycles. The Hall–Kier alpha value is -2.61. The quantitative estimate of drug-likeness (QED) is 0.343. The lowest BCUT2D eigenvalue weighted by atomic mass is 10.1. The lowest BCUT2D eigenvalue weighted by molar-refractivity contribution is -0.121. The van der Waals surface area contributed by atoms with Crippen LogP contribution in [0.25, 0.3) is 0 Å². The third-order valence-corrected chi connectivity index (χ3v) is 5.74. The van der Waals surface area contributed by atoms with Crippen LogP contribution < -0.4 is 10.6 Å². The zero-order valence-electron chi connectivity index (χ0n) is 21.7. The minimum absolute atomic E-state index is 0.0385. The summed E-state index contributed by atoms with van der Waals surface area (Å²) in [6, 6.07) is 6.46. The summed E-state index contributed by atoms with van der Waals surface area (Å²) in [4.78, 5) is 41.1. The summed E-state index contributed by atoms with van der Waals surface area (Å²) in [5, 5.41) is 5.92. The van der Waals surface area contributed by atoms with Crippen molar-refractivity contribution in [2.75, 3.05) is 44.6 Å². The second kappa shape index (κ2) is 16.9. The van der Waals surface area contributed by atoms with E-state index in [2.05, 4.69) is 36.3 Å². The Kier molecular flexibility index (Phi) is 14.6. The zero-order chi connectivity index (χ0) is 25.3. The number of rotatable bonds is 16. The lowest BCUT2D eigenvalue weighted by Gasteiger charge is -2.23. The number of anilines is 1. The van der Waals surface area contributed by atoms with E-state index in [-0.39, 0.29) is 24.4 Å². The number of nitrogens with one attached hydrogen (secondary N) is 2. The fraction of sp³-hybridized carbons (Fsp3) is 0.654. The van der Waals surface area contributed by atoms with Crippen LogP contribution in [0.1, 0.15) is 77.1 Å². The molecule has 1 aromatic rings. The highest BCUT2D eigenvalue weighted by Gasteiger charge is 2.16. The highest BCUT2D eigenvalue weighted by molar-refractivity contribution is 5.92. The van der Waals surface area contributed by atoms with E-state index in [4.69, 9.17) is 4.74 Å². The number of hydrogen-bond acceptors (Lipinski definition) is 5. The third-order valence-electron chi connectivity index (χ3n) is 5.74. The molecular formula is C26H44N4O4.